The number of esters is 1. The van der Waals surface area contributed by atoms with Crippen molar-refractivity contribution in [3.05, 3.63) is 0 Å². The number of rotatable bonds is 11. The molecule has 0 bridgehead atoms. The molecule has 0 aromatic heterocycles. The van der Waals surface area contributed by atoms with Crippen LogP contribution >= 0.6 is 0 Å². The van der Waals surface area contributed by atoms with E-state index < -0.39 is 23.9 Å². The van der Waals surface area contributed by atoms with Gasteiger partial charge in [-0.1, -0.05) is 12.8 Å². The molecule has 1 aliphatic carbocycles. The highest BCUT2D eigenvalue weighted by Crippen LogP contribution is 2.34. The Morgan fingerprint density at radius 3 is 2.56 bits per heavy atom. The quantitative estimate of drug-likeness (QED) is 0.284. The summed E-state index contributed by atoms with van der Waals surface area (Å²) in [6.07, 6.45) is 2.96. The zero-order chi connectivity index (χ0) is 18.3. The van der Waals surface area contributed by atoms with Gasteiger partial charge in [0.1, 0.15) is 0 Å². The lowest BCUT2D eigenvalue weighted by molar-refractivity contribution is -0.149. The molecule has 7 heteroatoms. The fourth-order valence-corrected chi connectivity index (χ4v) is 3.40. The maximum absolute atomic E-state index is 11.7. The van der Waals surface area contributed by atoms with Crippen molar-refractivity contribution in [2.75, 3.05) is 26.4 Å². The summed E-state index contributed by atoms with van der Waals surface area (Å²) in [4.78, 5) is 11.7. The van der Waals surface area contributed by atoms with Crippen molar-refractivity contribution in [1.82, 2.24) is 0 Å². The van der Waals surface area contributed by atoms with Crippen LogP contribution in [-0.4, -0.2) is 71.6 Å². The highest BCUT2D eigenvalue weighted by atomic mass is 16.6. The lowest BCUT2D eigenvalue weighted by atomic mass is 9.83. The first-order valence-corrected chi connectivity index (χ1v) is 9.41. The third-order valence-corrected chi connectivity index (χ3v) is 5.06. The van der Waals surface area contributed by atoms with Gasteiger partial charge in [-0.25, -0.2) is 4.79 Å². The third-order valence-electron chi connectivity index (χ3n) is 5.06. The van der Waals surface area contributed by atoms with E-state index in [0.717, 1.165) is 25.7 Å². The van der Waals surface area contributed by atoms with Gasteiger partial charge in [0, 0.05) is 18.9 Å². The van der Waals surface area contributed by atoms with Crippen molar-refractivity contribution in [1.29, 1.82) is 0 Å². The largest absolute Gasteiger partial charge is 0.464 e. The molecule has 2 fully saturated rings. The minimum absolute atomic E-state index is 0.213. The van der Waals surface area contributed by atoms with Crippen LogP contribution in [0.25, 0.3) is 0 Å². The summed E-state index contributed by atoms with van der Waals surface area (Å²) < 4.78 is 15.9. The van der Waals surface area contributed by atoms with Crippen LogP contribution in [0.1, 0.15) is 51.9 Å². The molecule has 0 radical (unpaired) electrons. The van der Waals surface area contributed by atoms with Crippen LogP contribution < -0.4 is 0 Å². The van der Waals surface area contributed by atoms with Crippen LogP contribution in [-0.2, 0) is 19.0 Å². The number of hydrogen-bond acceptors (Lipinski definition) is 7. The molecule has 7 nitrogen and oxygen atoms in total. The molecule has 146 valence electrons. The number of carbonyl (C=O) groups excluding carboxylic acids is 1. The average molecular weight is 360 g/mol. The van der Waals surface area contributed by atoms with Gasteiger partial charge < -0.3 is 29.5 Å². The summed E-state index contributed by atoms with van der Waals surface area (Å²) in [6, 6.07) is 0. The van der Waals surface area contributed by atoms with Crippen LogP contribution in [0, 0.1) is 5.92 Å². The second-order valence-corrected chi connectivity index (χ2v) is 7.19. The second-order valence-electron chi connectivity index (χ2n) is 7.19. The molecule has 1 saturated heterocycles. The molecule has 5 atom stereocenters. The smallest absolute Gasteiger partial charge is 0.340 e. The maximum Gasteiger partial charge on any atom is 0.340 e. The molecule has 0 spiro atoms. The van der Waals surface area contributed by atoms with Gasteiger partial charge in [0.15, 0.2) is 5.60 Å². The first-order chi connectivity index (χ1) is 12.0. The lowest BCUT2D eigenvalue weighted by Gasteiger charge is -2.34. The van der Waals surface area contributed by atoms with Crippen LogP contribution in [0.5, 0.6) is 0 Å². The van der Waals surface area contributed by atoms with E-state index in [1.54, 1.807) is 6.92 Å². The molecule has 1 saturated carbocycles. The number of ether oxygens (including phenoxy) is 3. The Morgan fingerprint density at radius 1 is 1.16 bits per heavy atom. The molecule has 3 N–H and O–H groups in total. The van der Waals surface area contributed by atoms with Gasteiger partial charge in [0.25, 0.3) is 0 Å². The monoisotopic (exact) mass is 360 g/mol. The van der Waals surface area contributed by atoms with Gasteiger partial charge in [-0.3, -0.25) is 0 Å². The van der Waals surface area contributed by atoms with Crippen LogP contribution in [0.4, 0.5) is 0 Å². The van der Waals surface area contributed by atoms with Crippen molar-refractivity contribution in [3.63, 3.8) is 0 Å². The molecule has 0 aromatic rings. The second kappa shape index (κ2) is 9.83. The van der Waals surface area contributed by atoms with Gasteiger partial charge in [-0.05, 0) is 32.6 Å². The van der Waals surface area contributed by atoms with E-state index in [-0.39, 0.29) is 18.3 Å². The van der Waals surface area contributed by atoms with Gasteiger partial charge in [-0.2, -0.15) is 0 Å². The fraction of sp³-hybridized carbons (Fsp3) is 0.944. The summed E-state index contributed by atoms with van der Waals surface area (Å²) in [5, 5.41) is 29.2. The summed E-state index contributed by atoms with van der Waals surface area (Å²) >= 11 is 0. The van der Waals surface area contributed by atoms with E-state index in [1.165, 1.54) is 0 Å². The average Bonchev–Trinajstić information content (AvgIpc) is 3.35. The van der Waals surface area contributed by atoms with E-state index >= 15 is 0 Å². The Balaban J connectivity index is 1.48. The Morgan fingerprint density at radius 2 is 1.88 bits per heavy atom. The SMILES string of the molecule is CCOC(=O)C1(CCCCCCOCC2CC(O)CC(O)C2O)CO1. The molecule has 5 unspecified atom stereocenters. The molecule has 25 heavy (non-hydrogen) atoms. The lowest BCUT2D eigenvalue weighted by Crippen LogP contribution is -2.44. The first kappa shape index (κ1) is 20.6. The summed E-state index contributed by atoms with van der Waals surface area (Å²) in [5.41, 5.74) is -0.675. The highest BCUT2D eigenvalue weighted by molar-refractivity contribution is 5.82. The van der Waals surface area contributed by atoms with Crippen LogP contribution in [0.2, 0.25) is 0 Å². The first-order valence-electron chi connectivity index (χ1n) is 9.41. The normalized spacial score (nSPS) is 34.7. The number of hydrogen-bond donors (Lipinski definition) is 3. The predicted octanol–water partition coefficient (Wildman–Crippen LogP) is 0.778. The van der Waals surface area contributed by atoms with Crippen molar-refractivity contribution in [2.24, 2.45) is 5.92 Å². The van der Waals surface area contributed by atoms with Gasteiger partial charge >= 0.3 is 5.97 Å². The molecule has 1 heterocycles. The fourth-order valence-electron chi connectivity index (χ4n) is 3.40. The number of aliphatic hydroxyl groups is 3. The van der Waals surface area contributed by atoms with E-state index in [0.29, 0.717) is 39.3 Å². The molecular formula is C18H32O7. The summed E-state index contributed by atoms with van der Waals surface area (Å²) in [5.74, 6) is -0.455. The van der Waals surface area contributed by atoms with E-state index in [2.05, 4.69) is 0 Å². The van der Waals surface area contributed by atoms with E-state index in [1.807, 2.05) is 0 Å². The van der Waals surface area contributed by atoms with Gasteiger partial charge in [0.05, 0.1) is 38.1 Å². The minimum atomic E-state index is -0.867. The maximum atomic E-state index is 11.7. The van der Waals surface area contributed by atoms with Gasteiger partial charge in [-0.15, -0.1) is 0 Å². The Bertz CT molecular complexity index is 410. The zero-order valence-electron chi connectivity index (χ0n) is 15.1. The Labute approximate surface area is 149 Å². The molecular weight excluding hydrogens is 328 g/mol. The highest BCUT2D eigenvalue weighted by Gasteiger charge is 2.52. The Kier molecular flexibility index (Phi) is 8.09. The predicted molar refractivity (Wildman–Crippen MR) is 90.0 cm³/mol. The van der Waals surface area contributed by atoms with Crippen LogP contribution in [0.3, 0.4) is 0 Å². The summed E-state index contributed by atoms with van der Waals surface area (Å²) in [6.45, 7) is 3.59. The topological polar surface area (TPSA) is 109 Å². The molecule has 0 amide bonds. The molecule has 2 aliphatic rings. The number of carbonyl (C=O) groups is 1. The molecule has 2 rings (SSSR count). The van der Waals surface area contributed by atoms with Crippen molar-refractivity contribution in [3.8, 4) is 0 Å². The van der Waals surface area contributed by atoms with E-state index in [4.69, 9.17) is 14.2 Å². The Hall–Kier alpha value is -0.730. The van der Waals surface area contributed by atoms with E-state index in [9.17, 15) is 20.1 Å². The standard InChI is InChI=1S/C18H32O7/c1-2-24-17(22)18(12-25-18)7-5-3-4-6-8-23-11-13-9-14(19)10-15(20)16(13)21/h13-16,19-21H,2-12H2,1H3. The number of unbranched alkanes of at least 4 members (excludes halogenated alkanes) is 3. The molecule has 1 aliphatic heterocycles. The van der Waals surface area contributed by atoms with Crippen molar-refractivity contribution < 1.29 is 34.3 Å². The summed E-state index contributed by atoms with van der Waals surface area (Å²) in [7, 11) is 0. The van der Waals surface area contributed by atoms with Crippen LogP contribution in [0.15, 0.2) is 0 Å². The van der Waals surface area contributed by atoms with Crippen molar-refractivity contribution in [2.45, 2.75) is 75.8 Å². The minimum Gasteiger partial charge on any atom is -0.464 e. The van der Waals surface area contributed by atoms with Crippen molar-refractivity contribution >= 4 is 5.97 Å². The number of aliphatic hydroxyl groups excluding tert-OH is 3. The van der Waals surface area contributed by atoms with Gasteiger partial charge in [0.2, 0.25) is 0 Å². The number of epoxide rings is 1. The zero-order valence-corrected chi connectivity index (χ0v) is 15.1. The molecule has 0 aromatic carbocycles. The third kappa shape index (κ3) is 6.18.